The van der Waals surface area contributed by atoms with Crippen molar-refractivity contribution in [3.8, 4) is 74.4 Å². The molecule has 147 heavy (non-hydrogen) atoms. The molecule has 2 saturated carbocycles. The first kappa shape index (κ1) is 103. The van der Waals surface area contributed by atoms with Crippen LogP contribution >= 0.6 is 0 Å². The van der Waals surface area contributed by atoms with Crippen molar-refractivity contribution in [1.82, 2.24) is 89.7 Å². The van der Waals surface area contributed by atoms with Crippen molar-refractivity contribution >= 4 is 121 Å². The van der Waals surface area contributed by atoms with Crippen molar-refractivity contribution in [3.63, 3.8) is 0 Å². The van der Waals surface area contributed by atoms with Crippen LogP contribution in [0.15, 0.2) is 352 Å². The molecule has 13 N–H and O–H groups in total. The second kappa shape index (κ2) is 51.3. The third-order valence-corrected chi connectivity index (χ3v) is 21.3. The molecule has 2 fully saturated rings. The maximum atomic E-state index is 11.7. The first-order chi connectivity index (χ1) is 71.4. The van der Waals surface area contributed by atoms with Gasteiger partial charge in [-0.05, 0) is 203 Å². The number of rotatable bonds is 32. The zero-order chi connectivity index (χ0) is 103. The summed E-state index contributed by atoms with van der Waals surface area (Å²) in [6, 6.07) is 116. The van der Waals surface area contributed by atoms with Crippen LogP contribution in [0, 0.1) is 17.2 Å². The zero-order valence-electron chi connectivity index (χ0n) is 83.1. The van der Waals surface area contributed by atoms with E-state index in [1.165, 1.54) is 25.7 Å². The highest BCUT2D eigenvalue weighted by molar-refractivity contribution is 7.92. The highest BCUT2D eigenvalue weighted by atomic mass is 32.2. The molecule has 12 aromatic carbocycles. The fourth-order valence-electron chi connectivity index (χ4n) is 13.7. The molecule has 0 aliphatic heterocycles. The van der Waals surface area contributed by atoms with Gasteiger partial charge in [0.25, 0.3) is 0 Å². The molecular weight excluding hydrogens is 1860 g/mol. The molecule has 0 bridgehead atoms. The van der Waals surface area contributed by atoms with Crippen LogP contribution in [0.25, 0.3) is 68.3 Å². The van der Waals surface area contributed by atoms with Gasteiger partial charge in [-0.25, -0.2) is 8.42 Å². The summed E-state index contributed by atoms with van der Waals surface area (Å²) in [6.45, 7) is 19.2. The van der Waals surface area contributed by atoms with Crippen molar-refractivity contribution in [1.29, 1.82) is 5.26 Å². The third kappa shape index (κ3) is 34.5. The summed E-state index contributed by atoms with van der Waals surface area (Å²) in [5, 5.41) is 47.9. The Labute approximate surface area is 856 Å². The molecule has 35 heteroatoms. The Kier molecular flexibility index (Phi) is 35.9. The quantitative estimate of drug-likeness (QED) is 0.0186. The first-order valence-electron chi connectivity index (χ1n) is 48.2. The van der Waals surface area contributed by atoms with E-state index < -0.39 is 10.0 Å². The number of sulfonamides is 1. The molecule has 2 aliphatic carbocycles. The minimum atomic E-state index is -3.45. The lowest BCUT2D eigenvalue weighted by Crippen LogP contribution is -2.27. The highest BCUT2D eigenvalue weighted by Gasteiger charge is 2.26. The first-order valence-corrected chi connectivity index (χ1v) is 50.1. The third-order valence-electron chi connectivity index (χ3n) is 20.8. The molecule has 6 aromatic heterocycles. The van der Waals surface area contributed by atoms with Crippen molar-refractivity contribution in [2.24, 2.45) is 5.92 Å². The predicted molar refractivity (Wildman–Crippen MR) is 591 cm³/mol. The molecule has 0 radical (unpaired) electrons. The Hall–Kier alpha value is -18.5. The van der Waals surface area contributed by atoms with Crippen LogP contribution in [-0.2, 0) is 10.0 Å². The summed E-state index contributed by atoms with van der Waals surface area (Å²) >= 11 is 0. The van der Waals surface area contributed by atoms with Crippen LogP contribution in [-0.4, -0.2) is 141 Å². The number of nitriles is 1. The lowest BCUT2D eigenvalue weighted by molar-refractivity contribution is 0.606. The van der Waals surface area contributed by atoms with Gasteiger partial charge >= 0.3 is 0 Å². The Balaban J connectivity index is 0.000000132. The summed E-state index contributed by atoms with van der Waals surface area (Å²) in [6.07, 6.45) is 6.03. The second-order valence-corrected chi connectivity index (χ2v) is 37.6. The monoisotopic (exact) mass is 1970 g/mol. The van der Waals surface area contributed by atoms with E-state index in [0.29, 0.717) is 129 Å². The number of para-hydroxylation sites is 7. The normalized spacial score (nSPS) is 11.7. The van der Waals surface area contributed by atoms with Crippen LogP contribution in [0.3, 0.4) is 0 Å². The topological polar surface area (TPSA) is 446 Å². The van der Waals surface area contributed by atoms with Gasteiger partial charge in [-0.3, -0.25) is 4.72 Å². The Bertz CT molecular complexity index is 7220. The van der Waals surface area contributed by atoms with E-state index in [9.17, 15) is 8.42 Å². The Morgan fingerprint density at radius 1 is 0.293 bits per heavy atom. The summed E-state index contributed by atoms with van der Waals surface area (Å²) in [7, 11) is -3.45. The molecule has 2 aliphatic rings. The summed E-state index contributed by atoms with van der Waals surface area (Å²) < 4.78 is 25.9. The van der Waals surface area contributed by atoms with Crippen LogP contribution in [0.5, 0.6) is 0 Å². The second-order valence-electron chi connectivity index (χ2n) is 35.9. The smallest absolute Gasteiger partial charge is 0.232 e. The number of nitrogens with zero attached hydrogens (tertiary/aromatic N) is 19. The number of benzene rings is 12. The number of anilines is 19. The van der Waals surface area contributed by atoms with Crippen molar-refractivity contribution in [3.05, 3.63) is 357 Å². The van der Waals surface area contributed by atoms with Gasteiger partial charge in [0.2, 0.25) is 81.4 Å². The molecular formula is C112H116N32O2S. The van der Waals surface area contributed by atoms with Crippen LogP contribution < -0.4 is 68.5 Å². The minimum Gasteiger partial charge on any atom is -0.354 e. The van der Waals surface area contributed by atoms with Gasteiger partial charge in [-0.2, -0.15) is 95.0 Å². The Morgan fingerprint density at radius 2 is 0.544 bits per heavy atom. The van der Waals surface area contributed by atoms with Gasteiger partial charge in [0.1, 0.15) is 0 Å². The zero-order valence-corrected chi connectivity index (χ0v) is 83.9. The fourth-order valence-corrected chi connectivity index (χ4v) is 14.3. The molecule has 0 spiro atoms. The molecule has 0 amide bonds. The van der Waals surface area contributed by atoms with E-state index in [1.807, 2.05) is 343 Å². The van der Waals surface area contributed by atoms with Crippen LogP contribution in [0.2, 0.25) is 0 Å². The van der Waals surface area contributed by atoms with Crippen molar-refractivity contribution in [2.45, 2.75) is 118 Å². The Morgan fingerprint density at radius 3 is 0.844 bits per heavy atom. The van der Waals surface area contributed by atoms with E-state index in [0.717, 1.165) is 80.7 Å². The van der Waals surface area contributed by atoms with Crippen LogP contribution in [0.1, 0.15) is 93.6 Å². The van der Waals surface area contributed by atoms with E-state index in [2.05, 4.69) is 199 Å². The van der Waals surface area contributed by atoms with Gasteiger partial charge in [0.05, 0.1) is 23.6 Å². The lowest BCUT2D eigenvalue weighted by atomic mass is 10.1. The largest absolute Gasteiger partial charge is 0.354 e. The molecule has 0 unspecified atom stereocenters. The molecule has 0 atom stereocenters. The maximum absolute atomic E-state index is 11.7. The van der Waals surface area contributed by atoms with Gasteiger partial charge in [0, 0.05) is 104 Å². The van der Waals surface area contributed by atoms with Gasteiger partial charge in [0.15, 0.2) is 34.9 Å². The number of aromatic nitrogens is 18. The molecule has 20 rings (SSSR count). The van der Waals surface area contributed by atoms with E-state index in [-0.39, 0.29) is 23.7 Å². The SMILES string of the molecule is CC(C)(C)Nc1nc(Nc2ccccc2)nc(-c2ccccc2)n1.CC(C)Nc1nc(Nc2ccccc2)nc(-c2ccc(C#N)cc2)n1.CC(C)Nc1nc(Nc2ccccc2)nc(-c2ccccc2)n1.CC(C)Nc1nc(Nc2ccccc2)nc(-c2ccccc2NS(C)(=O)=O)n1.c1ccc(Nc2nc(NC3CC3)nc(-c3ccccc3)n2)cc1.c1ccc(Nc2nc(NCC3CC3)nc(-c3ccccc3)n2)cc1. The average Bonchev–Trinajstić information content (AvgIpc) is 1.51. The molecule has 742 valence electrons. The van der Waals surface area contributed by atoms with E-state index in [1.54, 1.807) is 36.4 Å². The molecule has 0 saturated heterocycles. The van der Waals surface area contributed by atoms with E-state index >= 15 is 0 Å². The van der Waals surface area contributed by atoms with Gasteiger partial charge < -0.3 is 63.8 Å². The van der Waals surface area contributed by atoms with Gasteiger partial charge in [-0.1, -0.05) is 243 Å². The maximum Gasteiger partial charge on any atom is 0.232 e. The number of hydrogen-bond donors (Lipinski definition) is 13. The summed E-state index contributed by atoms with van der Waals surface area (Å²) in [5.41, 5.74) is 11.6. The number of hydrogen-bond acceptors (Lipinski definition) is 33. The average molecular weight is 1970 g/mol. The number of nitrogens with one attached hydrogen (secondary N) is 13. The molecule has 34 nitrogen and oxygen atoms in total. The van der Waals surface area contributed by atoms with Gasteiger partial charge in [-0.15, -0.1) is 0 Å². The fraction of sp³-hybridized carbons (Fsp3) is 0.188. The molecule has 6 heterocycles. The van der Waals surface area contributed by atoms with Crippen molar-refractivity contribution in [2.75, 3.05) is 81.3 Å². The van der Waals surface area contributed by atoms with Crippen LogP contribution in [0.4, 0.5) is 111 Å². The van der Waals surface area contributed by atoms with E-state index in [4.69, 9.17) is 5.26 Å². The predicted octanol–water partition coefficient (Wildman–Crippen LogP) is 24.0. The molecule has 18 aromatic rings. The lowest BCUT2D eigenvalue weighted by Gasteiger charge is -2.21. The summed E-state index contributed by atoms with van der Waals surface area (Å²) in [4.78, 5) is 81.1. The standard InChI is InChI=1S/C19H22N6O2S.C19H18N6.C19H19N5.C19H21N5.C18H17N5.C18H19N5/c1-13(2)20-18-22-17(15-11-7-8-12-16(15)25-28(3,26)27)23-19(24-18)21-14-9-5-4-6-10-14;1-13(2)21-18-23-17(15-10-8-14(12-20)9-11-15)24-19(25-18)22-16-6-4-3-5-7-16;1-3-7-15(8-4-1)17-22-18(20-13-14-11-12-14)24-19(23-17)21-16-9-5-2-6-10-16;1-19(2,3)24-18-22-16(14-10-6-4-7-11-14)21-17(23-18)20-15-12-8-5-9-13-15;1-3-7-13(8-4-1)16-21-17(19-14-9-5-2-6-10-14)23-18(22-16)20-15-11-12-15;1-13(2)19-17-21-16(14-9-5-3-6-10-14)22-18(23-17)20-15-11-7-4-8-12-15/h4-13,25H,1-3H3,(H2,20,21,22,23,24);3-11,13H,1-2H3,(H2,21,22,23,24,25);1-10,14H,11-13H2,(H2,20,21,22,23,24);4-13H,1-3H3,(H2,20,21,22,23,24);1-10,15H,11-12H2,(H2,19,20,21,22,23);3-13H,1-2H3,(H2,19,20,21,22,23). The minimum absolute atomic E-state index is 0.115. The van der Waals surface area contributed by atoms with Crippen molar-refractivity contribution < 1.29 is 8.42 Å². The highest BCUT2D eigenvalue weighted by Crippen LogP contribution is 2.34. The summed E-state index contributed by atoms with van der Waals surface area (Å²) in [5.74, 6) is 10.5.